The average molecular weight is 337 g/mol. The Bertz CT molecular complexity index is 424. The molecule has 23 heavy (non-hydrogen) atoms. The maximum Gasteiger partial charge on any atom is 0.0646 e. The molecule has 0 radical (unpaired) electrons. The monoisotopic (exact) mass is 336 g/mol. The summed E-state index contributed by atoms with van der Waals surface area (Å²) in [6, 6.07) is 4.27. The molecule has 0 spiro atoms. The van der Waals surface area contributed by atoms with Crippen LogP contribution in [0, 0.1) is 11.8 Å². The number of unbranched alkanes of at least 4 members (excludes halogenated alkanes) is 2. The van der Waals surface area contributed by atoms with Gasteiger partial charge < -0.3 is 0 Å². The summed E-state index contributed by atoms with van der Waals surface area (Å²) >= 11 is 6.69. The predicted octanol–water partition coefficient (Wildman–Crippen LogP) is 5.97. The molecule has 1 aliphatic carbocycles. The van der Waals surface area contributed by atoms with Crippen molar-refractivity contribution in [2.75, 3.05) is 0 Å². The summed E-state index contributed by atoms with van der Waals surface area (Å²) in [7, 11) is 0. The molecule has 0 saturated heterocycles. The Morgan fingerprint density at radius 1 is 1.00 bits per heavy atom. The zero-order valence-electron chi connectivity index (χ0n) is 14.9. The molecule has 1 unspecified atom stereocenters. The van der Waals surface area contributed by atoms with Crippen LogP contribution in [0.5, 0.6) is 0 Å². The Kier molecular flexibility index (Phi) is 8.36. The van der Waals surface area contributed by atoms with Crippen LogP contribution in [-0.4, -0.2) is 15.6 Å². The summed E-state index contributed by atoms with van der Waals surface area (Å²) < 4.78 is 0. The van der Waals surface area contributed by atoms with Gasteiger partial charge in [-0.1, -0.05) is 52.4 Å². The number of nitrogens with zero attached hydrogens (tertiary/aromatic N) is 2. The Hall–Kier alpha value is -0.630. The quantitative estimate of drug-likeness (QED) is 0.410. The summed E-state index contributed by atoms with van der Waals surface area (Å²) in [6.45, 7) is 4.52. The molecule has 1 aromatic rings. The molecule has 2 rings (SSSR count). The third-order valence-electron chi connectivity index (χ3n) is 5.32. The van der Waals surface area contributed by atoms with Gasteiger partial charge in [0.25, 0.3) is 0 Å². The molecule has 0 aromatic carbocycles. The molecule has 1 fully saturated rings. The second-order valence-corrected chi connectivity index (χ2v) is 7.82. The lowest BCUT2D eigenvalue weighted by Gasteiger charge is -2.31. The molecule has 2 nitrogen and oxygen atoms in total. The number of alkyl halides is 1. The molecular formula is C20H33ClN2. The lowest BCUT2D eigenvalue weighted by molar-refractivity contribution is 0.255. The average Bonchev–Trinajstić information content (AvgIpc) is 2.57. The summed E-state index contributed by atoms with van der Waals surface area (Å²) in [5.74, 6) is 1.61. The van der Waals surface area contributed by atoms with Crippen LogP contribution in [-0.2, 0) is 12.8 Å². The van der Waals surface area contributed by atoms with Gasteiger partial charge in [-0.3, -0.25) is 0 Å². The van der Waals surface area contributed by atoms with Gasteiger partial charge in [0, 0.05) is 11.8 Å². The van der Waals surface area contributed by atoms with Crippen molar-refractivity contribution in [3.8, 4) is 0 Å². The van der Waals surface area contributed by atoms with Gasteiger partial charge in [-0.15, -0.1) is 11.6 Å². The predicted molar refractivity (Wildman–Crippen MR) is 99.0 cm³/mol. The molecule has 130 valence electrons. The lowest BCUT2D eigenvalue weighted by Crippen LogP contribution is -2.24. The zero-order chi connectivity index (χ0) is 16.5. The van der Waals surface area contributed by atoms with Crippen LogP contribution >= 0.6 is 11.6 Å². The number of hydrogen-bond acceptors (Lipinski definition) is 2. The number of halogens is 1. The number of hydrogen-bond donors (Lipinski definition) is 0. The van der Waals surface area contributed by atoms with E-state index in [1.165, 1.54) is 57.8 Å². The van der Waals surface area contributed by atoms with Gasteiger partial charge in [-0.2, -0.15) is 10.2 Å². The molecule has 1 aromatic heterocycles. The molecule has 0 amide bonds. The van der Waals surface area contributed by atoms with Crippen molar-refractivity contribution in [2.45, 2.75) is 89.9 Å². The number of aryl methyl sites for hydroxylation is 1. The van der Waals surface area contributed by atoms with Crippen LogP contribution in [0.4, 0.5) is 0 Å². The molecule has 1 heterocycles. The molecule has 1 saturated carbocycles. The van der Waals surface area contributed by atoms with Crippen molar-refractivity contribution in [1.29, 1.82) is 0 Å². The van der Waals surface area contributed by atoms with E-state index in [0.717, 1.165) is 30.1 Å². The second-order valence-electron chi connectivity index (χ2n) is 7.26. The minimum atomic E-state index is 0.220. The molecular weight excluding hydrogens is 304 g/mol. The van der Waals surface area contributed by atoms with Crippen molar-refractivity contribution in [3.63, 3.8) is 0 Å². The second kappa shape index (κ2) is 10.3. The van der Waals surface area contributed by atoms with E-state index in [9.17, 15) is 0 Å². The van der Waals surface area contributed by atoms with Crippen LogP contribution in [0.1, 0.15) is 83.0 Å². The lowest BCUT2D eigenvalue weighted by atomic mass is 9.78. The summed E-state index contributed by atoms with van der Waals surface area (Å²) in [4.78, 5) is 0. The minimum absolute atomic E-state index is 0.220. The first-order chi connectivity index (χ1) is 11.2. The van der Waals surface area contributed by atoms with Crippen molar-refractivity contribution in [1.82, 2.24) is 10.2 Å². The van der Waals surface area contributed by atoms with Crippen LogP contribution in [0.25, 0.3) is 0 Å². The molecule has 0 bridgehead atoms. The summed E-state index contributed by atoms with van der Waals surface area (Å²) in [5.41, 5.74) is 2.17. The third kappa shape index (κ3) is 6.41. The molecule has 3 heteroatoms. The number of aromatic nitrogens is 2. The summed E-state index contributed by atoms with van der Waals surface area (Å²) in [5, 5.41) is 9.00. The van der Waals surface area contributed by atoms with E-state index in [-0.39, 0.29) is 5.38 Å². The van der Waals surface area contributed by atoms with Gasteiger partial charge in [-0.05, 0) is 49.7 Å². The Balaban J connectivity index is 1.75. The van der Waals surface area contributed by atoms with E-state index >= 15 is 0 Å². The van der Waals surface area contributed by atoms with E-state index in [1.54, 1.807) is 0 Å². The van der Waals surface area contributed by atoms with Crippen molar-refractivity contribution >= 4 is 11.6 Å². The van der Waals surface area contributed by atoms with Gasteiger partial charge in [0.05, 0.1) is 11.4 Å². The maximum absolute atomic E-state index is 6.69. The highest BCUT2D eigenvalue weighted by Crippen LogP contribution is 2.35. The minimum Gasteiger partial charge on any atom is -0.155 e. The Morgan fingerprint density at radius 2 is 1.70 bits per heavy atom. The standard InChI is InChI=1S/C20H33ClN2/c1-3-5-6-8-18-13-14-19(23-22-18)15-20(21)17-11-9-16(7-4-2)10-12-17/h13-14,16-17,20H,3-12,15H2,1-2H3. The van der Waals surface area contributed by atoms with E-state index in [0.29, 0.717) is 5.92 Å². The van der Waals surface area contributed by atoms with Crippen molar-refractivity contribution in [3.05, 3.63) is 23.5 Å². The molecule has 1 atom stereocenters. The van der Waals surface area contributed by atoms with Crippen LogP contribution in [0.3, 0.4) is 0 Å². The van der Waals surface area contributed by atoms with E-state index in [1.807, 2.05) is 0 Å². The highest BCUT2D eigenvalue weighted by atomic mass is 35.5. The first-order valence-corrected chi connectivity index (χ1v) is 10.1. The Morgan fingerprint density at radius 3 is 2.30 bits per heavy atom. The van der Waals surface area contributed by atoms with E-state index < -0.39 is 0 Å². The van der Waals surface area contributed by atoms with E-state index in [4.69, 9.17) is 11.6 Å². The fourth-order valence-corrected chi connectivity index (χ4v) is 4.21. The molecule has 0 aliphatic heterocycles. The largest absolute Gasteiger partial charge is 0.155 e. The first-order valence-electron chi connectivity index (χ1n) is 9.68. The van der Waals surface area contributed by atoms with Gasteiger partial charge in [-0.25, -0.2) is 0 Å². The molecule has 1 aliphatic rings. The number of rotatable bonds is 9. The van der Waals surface area contributed by atoms with Crippen molar-refractivity contribution in [2.24, 2.45) is 11.8 Å². The van der Waals surface area contributed by atoms with Gasteiger partial charge in [0.1, 0.15) is 0 Å². The fraction of sp³-hybridized carbons (Fsp3) is 0.800. The molecule has 0 N–H and O–H groups in total. The van der Waals surface area contributed by atoms with Crippen molar-refractivity contribution < 1.29 is 0 Å². The maximum atomic E-state index is 6.69. The van der Waals surface area contributed by atoms with Gasteiger partial charge in [0.2, 0.25) is 0 Å². The zero-order valence-corrected chi connectivity index (χ0v) is 15.7. The SMILES string of the molecule is CCCCCc1ccc(CC(Cl)C2CCC(CCC)CC2)nn1. The topological polar surface area (TPSA) is 25.8 Å². The smallest absolute Gasteiger partial charge is 0.0646 e. The van der Waals surface area contributed by atoms with E-state index in [2.05, 4.69) is 36.2 Å². The van der Waals surface area contributed by atoms with Gasteiger partial charge in [0.15, 0.2) is 0 Å². The normalized spacial score (nSPS) is 22.9. The van der Waals surface area contributed by atoms with Crippen LogP contribution in [0.15, 0.2) is 12.1 Å². The highest BCUT2D eigenvalue weighted by Gasteiger charge is 2.26. The third-order valence-corrected chi connectivity index (χ3v) is 5.83. The van der Waals surface area contributed by atoms with Gasteiger partial charge >= 0.3 is 0 Å². The summed E-state index contributed by atoms with van der Waals surface area (Å²) in [6.07, 6.45) is 13.7. The first kappa shape index (κ1) is 18.7. The highest BCUT2D eigenvalue weighted by molar-refractivity contribution is 6.20. The Labute approximate surface area is 147 Å². The van der Waals surface area contributed by atoms with Crippen LogP contribution < -0.4 is 0 Å². The van der Waals surface area contributed by atoms with Crippen LogP contribution in [0.2, 0.25) is 0 Å². The fourth-order valence-electron chi connectivity index (χ4n) is 3.80.